The predicted molar refractivity (Wildman–Crippen MR) is 73.6 cm³/mol. The number of hydrogen-bond donors (Lipinski definition) is 1. The van der Waals surface area contributed by atoms with Crippen LogP contribution in [0.1, 0.15) is 42.9 Å². The van der Waals surface area contributed by atoms with E-state index in [9.17, 15) is 0 Å². The molecule has 2 fully saturated rings. The first-order valence-electron chi connectivity index (χ1n) is 7.25. The molecule has 18 heavy (non-hydrogen) atoms. The highest BCUT2D eigenvalue weighted by Gasteiger charge is 2.30. The van der Waals surface area contributed by atoms with Crippen molar-refractivity contribution < 1.29 is 4.74 Å². The molecule has 0 radical (unpaired) electrons. The minimum Gasteiger partial charge on any atom is -0.373 e. The highest BCUT2D eigenvalue weighted by Crippen LogP contribution is 2.35. The number of hydrogen-bond acceptors (Lipinski definition) is 2. The Morgan fingerprint density at radius 2 is 2.06 bits per heavy atom. The van der Waals surface area contributed by atoms with Crippen molar-refractivity contribution in [1.82, 2.24) is 5.32 Å². The van der Waals surface area contributed by atoms with Crippen LogP contribution in [0.5, 0.6) is 0 Å². The molecule has 1 aliphatic heterocycles. The fourth-order valence-electron chi connectivity index (χ4n) is 2.91. The Bertz CT molecular complexity index is 400. The van der Waals surface area contributed by atoms with Gasteiger partial charge in [0.25, 0.3) is 0 Å². The molecule has 0 aromatic heterocycles. The van der Waals surface area contributed by atoms with Crippen LogP contribution in [0, 0.1) is 12.8 Å². The van der Waals surface area contributed by atoms with Crippen LogP contribution in [0.25, 0.3) is 0 Å². The van der Waals surface area contributed by atoms with Crippen LogP contribution < -0.4 is 5.32 Å². The van der Waals surface area contributed by atoms with E-state index in [1.54, 1.807) is 0 Å². The largest absolute Gasteiger partial charge is 0.373 e. The number of nitrogens with one attached hydrogen (secondary N) is 1. The zero-order valence-corrected chi connectivity index (χ0v) is 11.2. The van der Waals surface area contributed by atoms with Gasteiger partial charge in [-0.05, 0) is 43.7 Å². The third kappa shape index (κ3) is 2.76. The van der Waals surface area contributed by atoms with E-state index in [0.29, 0.717) is 12.0 Å². The lowest BCUT2D eigenvalue weighted by Gasteiger charge is -2.33. The van der Waals surface area contributed by atoms with Crippen molar-refractivity contribution in [1.29, 1.82) is 0 Å². The second kappa shape index (κ2) is 5.41. The summed E-state index contributed by atoms with van der Waals surface area (Å²) in [5, 5.41) is 3.67. The van der Waals surface area contributed by atoms with Gasteiger partial charge in [-0.3, -0.25) is 0 Å². The van der Waals surface area contributed by atoms with E-state index in [-0.39, 0.29) is 0 Å². The molecule has 2 aliphatic rings. The molecular formula is C16H23NO. The second-order valence-electron chi connectivity index (χ2n) is 5.73. The average molecular weight is 245 g/mol. The van der Waals surface area contributed by atoms with Crippen molar-refractivity contribution in [3.05, 3.63) is 35.4 Å². The molecule has 0 amide bonds. The van der Waals surface area contributed by atoms with Crippen molar-refractivity contribution in [3.63, 3.8) is 0 Å². The maximum absolute atomic E-state index is 6.07. The monoisotopic (exact) mass is 245 g/mol. The van der Waals surface area contributed by atoms with Gasteiger partial charge in [-0.15, -0.1) is 0 Å². The number of ether oxygens (including phenoxy) is 1. The lowest BCUT2D eigenvalue weighted by Crippen LogP contribution is -2.33. The van der Waals surface area contributed by atoms with Crippen LogP contribution in [0.15, 0.2) is 24.3 Å². The molecular weight excluding hydrogens is 222 g/mol. The lowest BCUT2D eigenvalue weighted by molar-refractivity contribution is -0.0282. The van der Waals surface area contributed by atoms with E-state index in [2.05, 4.69) is 36.5 Å². The SMILES string of the molecule is Cc1ccccc1C1OCCCC1CNC1CC1. The highest BCUT2D eigenvalue weighted by molar-refractivity contribution is 5.28. The summed E-state index contributed by atoms with van der Waals surface area (Å²) in [7, 11) is 0. The van der Waals surface area contributed by atoms with E-state index < -0.39 is 0 Å². The summed E-state index contributed by atoms with van der Waals surface area (Å²) < 4.78 is 6.07. The van der Waals surface area contributed by atoms with Crippen LogP contribution in [0.2, 0.25) is 0 Å². The van der Waals surface area contributed by atoms with Gasteiger partial charge >= 0.3 is 0 Å². The molecule has 1 heterocycles. The van der Waals surface area contributed by atoms with E-state index in [1.165, 1.54) is 36.8 Å². The van der Waals surface area contributed by atoms with Crippen LogP contribution >= 0.6 is 0 Å². The molecule has 1 N–H and O–H groups in total. The first kappa shape index (κ1) is 12.2. The molecule has 3 rings (SSSR count). The van der Waals surface area contributed by atoms with E-state index in [4.69, 9.17) is 4.74 Å². The molecule has 2 atom stereocenters. The number of rotatable bonds is 4. The molecule has 2 unspecified atom stereocenters. The highest BCUT2D eigenvalue weighted by atomic mass is 16.5. The third-order valence-electron chi connectivity index (χ3n) is 4.19. The maximum Gasteiger partial charge on any atom is 0.0867 e. The van der Waals surface area contributed by atoms with Crippen LogP contribution in [0.4, 0.5) is 0 Å². The van der Waals surface area contributed by atoms with Crippen LogP contribution in [-0.2, 0) is 4.74 Å². The van der Waals surface area contributed by atoms with Gasteiger partial charge in [0.15, 0.2) is 0 Å². The van der Waals surface area contributed by atoms with Crippen molar-refractivity contribution in [2.75, 3.05) is 13.2 Å². The topological polar surface area (TPSA) is 21.3 Å². The van der Waals surface area contributed by atoms with Crippen molar-refractivity contribution in [2.24, 2.45) is 5.92 Å². The quantitative estimate of drug-likeness (QED) is 0.879. The van der Waals surface area contributed by atoms with Crippen LogP contribution in [0.3, 0.4) is 0 Å². The first-order valence-corrected chi connectivity index (χ1v) is 7.25. The minimum absolute atomic E-state index is 0.297. The minimum atomic E-state index is 0.297. The number of aryl methyl sites for hydroxylation is 1. The van der Waals surface area contributed by atoms with E-state index in [1.807, 2.05) is 0 Å². The summed E-state index contributed by atoms with van der Waals surface area (Å²) in [6.45, 7) is 4.22. The molecule has 98 valence electrons. The van der Waals surface area contributed by atoms with Crippen LogP contribution in [-0.4, -0.2) is 19.2 Å². The smallest absolute Gasteiger partial charge is 0.0867 e. The summed E-state index contributed by atoms with van der Waals surface area (Å²) in [6, 6.07) is 9.46. The average Bonchev–Trinajstić information content (AvgIpc) is 3.22. The molecule has 2 nitrogen and oxygen atoms in total. The molecule has 1 aliphatic carbocycles. The standard InChI is InChI=1S/C16H23NO/c1-12-5-2-3-7-15(12)16-13(6-4-10-18-16)11-17-14-8-9-14/h2-3,5,7,13-14,16-17H,4,6,8-11H2,1H3. The van der Waals surface area contributed by atoms with Crippen molar-refractivity contribution in [3.8, 4) is 0 Å². The molecule has 0 spiro atoms. The Balaban J connectivity index is 1.71. The fourth-order valence-corrected chi connectivity index (χ4v) is 2.91. The van der Waals surface area contributed by atoms with Gasteiger partial charge in [-0.1, -0.05) is 24.3 Å². The predicted octanol–water partition coefficient (Wildman–Crippen LogP) is 3.21. The van der Waals surface area contributed by atoms with Gasteiger partial charge in [0.05, 0.1) is 6.10 Å². The van der Waals surface area contributed by atoms with Crippen molar-refractivity contribution >= 4 is 0 Å². The van der Waals surface area contributed by atoms with Crippen molar-refractivity contribution in [2.45, 2.75) is 44.8 Å². The summed E-state index contributed by atoms with van der Waals surface area (Å²) >= 11 is 0. The normalized spacial score (nSPS) is 28.3. The van der Waals surface area contributed by atoms with Gasteiger partial charge < -0.3 is 10.1 Å². The maximum atomic E-state index is 6.07. The van der Waals surface area contributed by atoms with E-state index >= 15 is 0 Å². The second-order valence-corrected chi connectivity index (χ2v) is 5.73. The zero-order valence-electron chi connectivity index (χ0n) is 11.2. The third-order valence-corrected chi connectivity index (χ3v) is 4.19. The Labute approximate surface area is 110 Å². The van der Waals surface area contributed by atoms with Gasteiger partial charge in [0.1, 0.15) is 0 Å². The zero-order chi connectivity index (χ0) is 12.4. The Kier molecular flexibility index (Phi) is 3.67. The molecule has 1 saturated heterocycles. The van der Waals surface area contributed by atoms with Gasteiger partial charge in [-0.2, -0.15) is 0 Å². The first-order chi connectivity index (χ1) is 8.84. The molecule has 0 bridgehead atoms. The molecule has 1 saturated carbocycles. The Morgan fingerprint density at radius 3 is 2.83 bits per heavy atom. The van der Waals surface area contributed by atoms with Gasteiger partial charge in [0, 0.05) is 25.1 Å². The summed E-state index contributed by atoms with van der Waals surface area (Å²) in [5.74, 6) is 0.639. The van der Waals surface area contributed by atoms with Gasteiger partial charge in [-0.25, -0.2) is 0 Å². The Hall–Kier alpha value is -0.860. The Morgan fingerprint density at radius 1 is 1.22 bits per heavy atom. The van der Waals surface area contributed by atoms with Gasteiger partial charge in [0.2, 0.25) is 0 Å². The molecule has 2 heteroatoms. The van der Waals surface area contributed by atoms with E-state index in [0.717, 1.165) is 19.2 Å². The summed E-state index contributed by atoms with van der Waals surface area (Å²) in [4.78, 5) is 0. The molecule has 1 aromatic rings. The fraction of sp³-hybridized carbons (Fsp3) is 0.625. The molecule has 1 aromatic carbocycles. The summed E-state index contributed by atoms with van der Waals surface area (Å²) in [6.07, 6.45) is 5.52. The lowest BCUT2D eigenvalue weighted by atomic mass is 9.87. The number of benzene rings is 1. The summed E-state index contributed by atoms with van der Waals surface area (Å²) in [5.41, 5.74) is 2.75.